The quantitative estimate of drug-likeness (QED) is 0.633. The predicted octanol–water partition coefficient (Wildman–Crippen LogP) is 2.50. The minimum absolute atomic E-state index is 0.300. The van der Waals surface area contributed by atoms with E-state index in [0.29, 0.717) is 17.7 Å². The molecule has 86 valence electrons. The average Bonchev–Trinajstić information content (AvgIpc) is 2.24. The van der Waals surface area contributed by atoms with E-state index in [4.69, 9.17) is 9.84 Å². The van der Waals surface area contributed by atoms with Gasteiger partial charge in [-0.2, -0.15) is 0 Å². The van der Waals surface area contributed by atoms with E-state index in [2.05, 4.69) is 0 Å². The molecule has 0 spiro atoms. The summed E-state index contributed by atoms with van der Waals surface area (Å²) in [6.45, 7) is 3.60. The van der Waals surface area contributed by atoms with Crippen LogP contribution < -0.4 is 0 Å². The van der Waals surface area contributed by atoms with Crippen LogP contribution in [0.25, 0.3) is 6.08 Å². The zero-order chi connectivity index (χ0) is 12.1. The third-order valence-corrected chi connectivity index (χ3v) is 1.95. The average molecular weight is 224 g/mol. The highest BCUT2D eigenvalue weighted by molar-refractivity contribution is 5.92. The number of esters is 1. The molecule has 3 nitrogen and oxygen atoms in total. The summed E-state index contributed by atoms with van der Waals surface area (Å²) in [5.41, 5.74) is 0.882. The van der Waals surface area contributed by atoms with Gasteiger partial charge in [-0.25, -0.2) is 9.18 Å². The van der Waals surface area contributed by atoms with Crippen LogP contribution >= 0.6 is 0 Å². The summed E-state index contributed by atoms with van der Waals surface area (Å²) in [5.74, 6) is -1.56. The highest BCUT2D eigenvalue weighted by Gasteiger charge is 2.05. The van der Waals surface area contributed by atoms with Crippen LogP contribution in [0, 0.1) is 5.82 Å². The molecule has 0 aliphatic carbocycles. The number of aromatic hydroxyl groups is 1. The van der Waals surface area contributed by atoms with Crippen molar-refractivity contribution in [2.45, 2.75) is 13.8 Å². The van der Waals surface area contributed by atoms with Crippen molar-refractivity contribution in [1.29, 1.82) is 0 Å². The van der Waals surface area contributed by atoms with Crippen LogP contribution in [0.4, 0.5) is 4.39 Å². The summed E-state index contributed by atoms with van der Waals surface area (Å²) < 4.78 is 17.8. The Bertz CT molecular complexity index is 424. The molecule has 0 atom stereocenters. The maximum Gasteiger partial charge on any atom is 0.333 e. The number of phenolic OH excluding ortho intramolecular Hbond substituents is 1. The van der Waals surface area contributed by atoms with Gasteiger partial charge in [0.2, 0.25) is 0 Å². The van der Waals surface area contributed by atoms with Gasteiger partial charge in [-0.3, -0.25) is 0 Å². The number of ether oxygens (including phenoxy) is 1. The van der Waals surface area contributed by atoms with E-state index in [1.165, 1.54) is 18.2 Å². The molecular weight excluding hydrogens is 211 g/mol. The number of halogens is 1. The molecule has 1 N–H and O–H groups in total. The second-order valence-electron chi connectivity index (χ2n) is 3.26. The maximum atomic E-state index is 13.0. The molecule has 0 unspecified atom stereocenters. The summed E-state index contributed by atoms with van der Waals surface area (Å²) in [4.78, 5) is 11.3. The van der Waals surface area contributed by atoms with Crippen LogP contribution in [0.15, 0.2) is 23.8 Å². The summed E-state index contributed by atoms with van der Waals surface area (Å²) in [6.07, 6.45) is 1.50. The number of rotatable bonds is 3. The predicted molar refractivity (Wildman–Crippen MR) is 58.3 cm³/mol. The fraction of sp³-hybridized carbons (Fsp3) is 0.250. The van der Waals surface area contributed by atoms with Crippen molar-refractivity contribution in [2.75, 3.05) is 6.61 Å². The van der Waals surface area contributed by atoms with E-state index in [1.54, 1.807) is 13.8 Å². The number of hydrogen-bond acceptors (Lipinski definition) is 3. The largest absolute Gasteiger partial charge is 0.505 e. The number of carbonyl (C=O) groups excluding carboxylic acids is 1. The van der Waals surface area contributed by atoms with E-state index < -0.39 is 17.5 Å². The lowest BCUT2D eigenvalue weighted by atomic mass is 10.1. The topological polar surface area (TPSA) is 46.5 Å². The van der Waals surface area contributed by atoms with Crippen molar-refractivity contribution in [3.63, 3.8) is 0 Å². The Morgan fingerprint density at radius 3 is 2.81 bits per heavy atom. The fourth-order valence-electron chi connectivity index (χ4n) is 1.17. The zero-order valence-corrected chi connectivity index (χ0v) is 9.16. The first-order valence-corrected chi connectivity index (χ1v) is 4.88. The highest BCUT2D eigenvalue weighted by atomic mass is 19.1. The second-order valence-corrected chi connectivity index (χ2v) is 3.26. The van der Waals surface area contributed by atoms with Crippen molar-refractivity contribution >= 4 is 12.0 Å². The van der Waals surface area contributed by atoms with Crippen molar-refractivity contribution in [2.24, 2.45) is 0 Å². The van der Waals surface area contributed by atoms with Gasteiger partial charge in [0.15, 0.2) is 11.6 Å². The Hall–Kier alpha value is -1.84. The van der Waals surface area contributed by atoms with E-state index in [9.17, 15) is 9.18 Å². The third-order valence-electron chi connectivity index (χ3n) is 1.95. The molecule has 0 aliphatic rings. The van der Waals surface area contributed by atoms with Crippen LogP contribution in [0.1, 0.15) is 19.4 Å². The number of hydrogen-bond donors (Lipinski definition) is 1. The Balaban J connectivity index is 2.89. The molecule has 0 fully saturated rings. The molecular formula is C12H13FO3. The van der Waals surface area contributed by atoms with Crippen molar-refractivity contribution in [3.8, 4) is 5.75 Å². The molecule has 0 bridgehead atoms. The normalized spacial score (nSPS) is 11.3. The molecule has 0 saturated heterocycles. The van der Waals surface area contributed by atoms with Crippen LogP contribution in [-0.4, -0.2) is 17.7 Å². The first kappa shape index (κ1) is 12.2. The van der Waals surface area contributed by atoms with E-state index in [0.717, 1.165) is 6.07 Å². The lowest BCUT2D eigenvalue weighted by Gasteiger charge is -2.02. The zero-order valence-electron chi connectivity index (χ0n) is 9.16. The maximum absolute atomic E-state index is 13.0. The molecule has 0 amide bonds. The van der Waals surface area contributed by atoms with Gasteiger partial charge in [-0.15, -0.1) is 0 Å². The molecule has 16 heavy (non-hydrogen) atoms. The van der Waals surface area contributed by atoms with Gasteiger partial charge in [0.1, 0.15) is 0 Å². The molecule has 0 saturated carbocycles. The first-order chi connectivity index (χ1) is 7.54. The lowest BCUT2D eigenvalue weighted by molar-refractivity contribution is -0.138. The number of phenols is 1. The van der Waals surface area contributed by atoms with Gasteiger partial charge in [-0.1, -0.05) is 6.07 Å². The van der Waals surface area contributed by atoms with Gasteiger partial charge in [0.25, 0.3) is 0 Å². The van der Waals surface area contributed by atoms with Gasteiger partial charge in [0.05, 0.1) is 6.61 Å². The van der Waals surface area contributed by atoms with Gasteiger partial charge < -0.3 is 9.84 Å². The Labute approximate surface area is 93.2 Å². The van der Waals surface area contributed by atoms with E-state index >= 15 is 0 Å². The molecule has 1 aromatic rings. The molecule has 0 heterocycles. The second kappa shape index (κ2) is 5.30. The van der Waals surface area contributed by atoms with Gasteiger partial charge in [-0.05, 0) is 37.6 Å². The van der Waals surface area contributed by atoms with E-state index in [-0.39, 0.29) is 0 Å². The Morgan fingerprint density at radius 2 is 2.25 bits per heavy atom. The Morgan fingerprint density at radius 1 is 1.56 bits per heavy atom. The summed E-state index contributed by atoms with van der Waals surface area (Å²) >= 11 is 0. The first-order valence-electron chi connectivity index (χ1n) is 4.88. The minimum Gasteiger partial charge on any atom is -0.505 e. The minimum atomic E-state index is -0.717. The molecule has 0 aliphatic heterocycles. The lowest BCUT2D eigenvalue weighted by Crippen LogP contribution is -2.04. The van der Waals surface area contributed by atoms with Crippen molar-refractivity contribution in [1.82, 2.24) is 0 Å². The van der Waals surface area contributed by atoms with Crippen molar-refractivity contribution in [3.05, 3.63) is 35.2 Å². The Kier molecular flexibility index (Phi) is 4.05. The third kappa shape index (κ3) is 3.08. The number of benzene rings is 1. The molecule has 1 aromatic carbocycles. The van der Waals surface area contributed by atoms with Gasteiger partial charge in [0, 0.05) is 5.57 Å². The van der Waals surface area contributed by atoms with Crippen molar-refractivity contribution < 1.29 is 19.0 Å². The standard InChI is InChI=1S/C12H13FO3/c1-3-16-12(15)8(2)6-9-4-5-11(14)10(13)7-9/h4-7,14H,3H2,1-2H3/b8-6+. The van der Waals surface area contributed by atoms with Crippen LogP contribution in [0.5, 0.6) is 5.75 Å². The van der Waals surface area contributed by atoms with Crippen LogP contribution in [0.2, 0.25) is 0 Å². The monoisotopic (exact) mass is 224 g/mol. The van der Waals surface area contributed by atoms with E-state index in [1.807, 2.05) is 0 Å². The molecule has 1 rings (SSSR count). The smallest absolute Gasteiger partial charge is 0.333 e. The fourth-order valence-corrected chi connectivity index (χ4v) is 1.17. The molecule has 0 radical (unpaired) electrons. The summed E-state index contributed by atoms with van der Waals surface area (Å²) in [6, 6.07) is 3.90. The summed E-state index contributed by atoms with van der Waals surface area (Å²) in [7, 11) is 0. The SMILES string of the molecule is CCOC(=O)/C(C)=C/c1ccc(O)c(F)c1. The summed E-state index contributed by atoms with van der Waals surface area (Å²) in [5, 5.41) is 8.98. The van der Waals surface area contributed by atoms with Gasteiger partial charge >= 0.3 is 5.97 Å². The highest BCUT2D eigenvalue weighted by Crippen LogP contribution is 2.18. The molecule has 4 heteroatoms. The number of carbonyl (C=O) groups is 1. The van der Waals surface area contributed by atoms with Crippen LogP contribution in [0.3, 0.4) is 0 Å². The molecule has 0 aromatic heterocycles. The van der Waals surface area contributed by atoms with Crippen LogP contribution in [-0.2, 0) is 9.53 Å².